The van der Waals surface area contributed by atoms with Crippen molar-refractivity contribution in [3.8, 4) is 11.3 Å². The summed E-state index contributed by atoms with van der Waals surface area (Å²) in [4.78, 5) is 23.2. The van der Waals surface area contributed by atoms with Crippen LogP contribution < -0.4 is 5.56 Å². The van der Waals surface area contributed by atoms with Crippen LogP contribution in [0.5, 0.6) is 0 Å². The Hall–Kier alpha value is -2.80. The highest BCUT2D eigenvalue weighted by Gasteiger charge is 2.20. The molecular weight excluding hydrogens is 352 g/mol. The zero-order valence-electron chi connectivity index (χ0n) is 16.2. The van der Waals surface area contributed by atoms with Gasteiger partial charge >= 0.3 is 0 Å². The number of likely N-dealkylation sites (tertiary alicyclic amines) is 1. The maximum atomic E-state index is 12.3. The number of rotatable bonds is 6. The second-order valence-electron chi connectivity index (χ2n) is 7.46. The van der Waals surface area contributed by atoms with Crippen LogP contribution in [0.3, 0.4) is 0 Å². The van der Waals surface area contributed by atoms with Crippen LogP contribution in [0.2, 0.25) is 0 Å². The Kier molecular flexibility index (Phi) is 5.62. The largest absolute Gasteiger partial charge is 0.338 e. The first-order valence-corrected chi connectivity index (χ1v) is 9.86. The quantitative estimate of drug-likeness (QED) is 0.656. The monoisotopic (exact) mass is 378 g/mol. The number of pyridine rings is 1. The molecule has 7 heteroatoms. The van der Waals surface area contributed by atoms with Crippen molar-refractivity contribution in [1.82, 2.24) is 29.2 Å². The SMILES string of the molecule is Cn1ccnc1CCN1CCC(Cn2nc(-c3ccncc3)ccc2=O)CC1. The third-order valence-electron chi connectivity index (χ3n) is 5.55. The number of piperidine rings is 1. The van der Waals surface area contributed by atoms with Gasteiger partial charge in [0.2, 0.25) is 0 Å². The predicted molar refractivity (Wildman–Crippen MR) is 108 cm³/mol. The number of imidazole rings is 1. The van der Waals surface area contributed by atoms with Crippen LogP contribution in [-0.2, 0) is 20.0 Å². The van der Waals surface area contributed by atoms with E-state index in [2.05, 4.69) is 24.5 Å². The maximum Gasteiger partial charge on any atom is 0.266 e. The van der Waals surface area contributed by atoms with Crippen molar-refractivity contribution < 1.29 is 0 Å². The first-order chi connectivity index (χ1) is 13.7. The minimum atomic E-state index is -0.0324. The van der Waals surface area contributed by atoms with Gasteiger partial charge in [0, 0.05) is 63.0 Å². The lowest BCUT2D eigenvalue weighted by atomic mass is 9.96. The van der Waals surface area contributed by atoms with E-state index in [1.54, 1.807) is 29.2 Å². The summed E-state index contributed by atoms with van der Waals surface area (Å²) in [5, 5.41) is 4.59. The fraction of sp³-hybridized carbons (Fsp3) is 0.429. The van der Waals surface area contributed by atoms with Gasteiger partial charge in [0.25, 0.3) is 5.56 Å². The van der Waals surface area contributed by atoms with Gasteiger partial charge in [0.05, 0.1) is 5.69 Å². The molecule has 1 aliphatic rings. The van der Waals surface area contributed by atoms with Crippen molar-refractivity contribution in [3.63, 3.8) is 0 Å². The van der Waals surface area contributed by atoms with E-state index in [1.807, 2.05) is 31.6 Å². The van der Waals surface area contributed by atoms with Crippen LogP contribution in [0, 0.1) is 5.92 Å². The van der Waals surface area contributed by atoms with E-state index in [1.165, 1.54) is 0 Å². The van der Waals surface area contributed by atoms with Crippen molar-refractivity contribution in [2.24, 2.45) is 13.0 Å². The zero-order valence-corrected chi connectivity index (χ0v) is 16.2. The summed E-state index contributed by atoms with van der Waals surface area (Å²) in [5.41, 5.74) is 1.76. The van der Waals surface area contributed by atoms with Gasteiger partial charge in [-0.3, -0.25) is 9.78 Å². The molecule has 0 aromatic carbocycles. The van der Waals surface area contributed by atoms with Crippen molar-refractivity contribution in [1.29, 1.82) is 0 Å². The van der Waals surface area contributed by atoms with Gasteiger partial charge in [-0.15, -0.1) is 0 Å². The average Bonchev–Trinajstić information content (AvgIpc) is 3.14. The number of aromatic nitrogens is 5. The van der Waals surface area contributed by atoms with Crippen LogP contribution in [-0.4, -0.2) is 48.8 Å². The summed E-state index contributed by atoms with van der Waals surface area (Å²) in [6.45, 7) is 3.85. The molecule has 0 aliphatic carbocycles. The summed E-state index contributed by atoms with van der Waals surface area (Å²) in [5.74, 6) is 1.62. The Labute approximate surface area is 164 Å². The van der Waals surface area contributed by atoms with E-state index in [-0.39, 0.29) is 5.56 Å². The highest BCUT2D eigenvalue weighted by atomic mass is 16.1. The van der Waals surface area contributed by atoms with Gasteiger partial charge < -0.3 is 9.47 Å². The van der Waals surface area contributed by atoms with Gasteiger partial charge in [0.1, 0.15) is 5.82 Å². The molecule has 0 atom stereocenters. The standard InChI is InChI=1S/C21H26N6O/c1-25-15-11-23-20(25)8-14-26-12-6-17(7-13-26)16-27-21(28)3-2-19(24-27)18-4-9-22-10-5-18/h2-5,9-11,15,17H,6-8,12-14,16H2,1H3. The lowest BCUT2D eigenvalue weighted by Crippen LogP contribution is -2.38. The molecule has 146 valence electrons. The number of aryl methyl sites for hydroxylation is 1. The molecule has 0 radical (unpaired) electrons. The van der Waals surface area contributed by atoms with Crippen LogP contribution >= 0.6 is 0 Å². The Morgan fingerprint density at radius 1 is 1.07 bits per heavy atom. The predicted octanol–water partition coefficient (Wildman–Crippen LogP) is 1.99. The third kappa shape index (κ3) is 4.36. The van der Waals surface area contributed by atoms with Gasteiger partial charge in [-0.1, -0.05) is 0 Å². The van der Waals surface area contributed by atoms with E-state index in [9.17, 15) is 4.79 Å². The molecule has 0 amide bonds. The molecule has 4 rings (SSSR count). The zero-order chi connectivity index (χ0) is 19.3. The second kappa shape index (κ2) is 8.48. The molecule has 0 N–H and O–H groups in total. The van der Waals surface area contributed by atoms with Crippen LogP contribution in [0.4, 0.5) is 0 Å². The lowest BCUT2D eigenvalue weighted by Gasteiger charge is -2.31. The molecular formula is C21H26N6O. The van der Waals surface area contributed by atoms with E-state index in [0.29, 0.717) is 12.5 Å². The van der Waals surface area contributed by atoms with E-state index in [4.69, 9.17) is 0 Å². The van der Waals surface area contributed by atoms with E-state index >= 15 is 0 Å². The summed E-state index contributed by atoms with van der Waals surface area (Å²) in [6.07, 6.45) is 10.5. The normalized spacial score (nSPS) is 15.8. The molecule has 3 aromatic rings. The Bertz CT molecular complexity index is 956. The van der Waals surface area contributed by atoms with Crippen LogP contribution in [0.25, 0.3) is 11.3 Å². The lowest BCUT2D eigenvalue weighted by molar-refractivity contribution is 0.170. The smallest absolute Gasteiger partial charge is 0.266 e. The third-order valence-corrected chi connectivity index (χ3v) is 5.55. The van der Waals surface area contributed by atoms with E-state index in [0.717, 1.165) is 56.0 Å². The molecule has 7 nitrogen and oxygen atoms in total. The Morgan fingerprint density at radius 3 is 2.57 bits per heavy atom. The van der Waals surface area contributed by atoms with Crippen molar-refractivity contribution >= 4 is 0 Å². The van der Waals surface area contributed by atoms with Gasteiger partial charge in [-0.05, 0) is 50.0 Å². The molecule has 1 aliphatic heterocycles. The minimum Gasteiger partial charge on any atom is -0.338 e. The molecule has 0 unspecified atom stereocenters. The number of hydrogen-bond donors (Lipinski definition) is 0. The maximum absolute atomic E-state index is 12.3. The first-order valence-electron chi connectivity index (χ1n) is 9.86. The van der Waals surface area contributed by atoms with Gasteiger partial charge in [0.15, 0.2) is 0 Å². The number of nitrogens with zero attached hydrogens (tertiary/aromatic N) is 6. The molecule has 0 spiro atoms. The highest BCUT2D eigenvalue weighted by molar-refractivity contribution is 5.56. The summed E-state index contributed by atoms with van der Waals surface area (Å²) < 4.78 is 3.71. The van der Waals surface area contributed by atoms with E-state index < -0.39 is 0 Å². The summed E-state index contributed by atoms with van der Waals surface area (Å²) in [6, 6.07) is 7.23. The fourth-order valence-electron chi connectivity index (χ4n) is 3.79. The van der Waals surface area contributed by atoms with Crippen molar-refractivity contribution in [3.05, 3.63) is 65.2 Å². The van der Waals surface area contributed by atoms with Crippen molar-refractivity contribution in [2.75, 3.05) is 19.6 Å². The molecule has 4 heterocycles. The second-order valence-corrected chi connectivity index (χ2v) is 7.46. The van der Waals surface area contributed by atoms with Gasteiger partial charge in [-0.2, -0.15) is 5.10 Å². The summed E-state index contributed by atoms with van der Waals surface area (Å²) >= 11 is 0. The molecule has 0 bridgehead atoms. The Balaban J connectivity index is 1.33. The van der Waals surface area contributed by atoms with Crippen LogP contribution in [0.1, 0.15) is 18.7 Å². The molecule has 0 saturated carbocycles. The first kappa shape index (κ1) is 18.6. The Morgan fingerprint density at radius 2 is 1.86 bits per heavy atom. The average molecular weight is 378 g/mol. The van der Waals surface area contributed by atoms with Gasteiger partial charge in [-0.25, -0.2) is 9.67 Å². The number of hydrogen-bond acceptors (Lipinski definition) is 5. The molecule has 1 fully saturated rings. The molecule has 3 aromatic heterocycles. The minimum absolute atomic E-state index is 0.0324. The summed E-state index contributed by atoms with van der Waals surface area (Å²) in [7, 11) is 2.04. The molecule has 1 saturated heterocycles. The highest BCUT2D eigenvalue weighted by Crippen LogP contribution is 2.19. The van der Waals surface area contributed by atoms with Crippen LogP contribution in [0.15, 0.2) is 53.8 Å². The van der Waals surface area contributed by atoms with Crippen molar-refractivity contribution in [2.45, 2.75) is 25.8 Å². The fourth-order valence-corrected chi connectivity index (χ4v) is 3.79. The molecule has 28 heavy (non-hydrogen) atoms. The topological polar surface area (TPSA) is 68.8 Å².